The van der Waals surface area contributed by atoms with Gasteiger partial charge in [-0.05, 0) is 71.2 Å². The van der Waals surface area contributed by atoms with Gasteiger partial charge in [-0.15, -0.1) is 0 Å². The molecule has 3 aromatic rings. The lowest BCUT2D eigenvalue weighted by molar-refractivity contribution is -0.139. The van der Waals surface area contributed by atoms with Gasteiger partial charge in [-0.2, -0.15) is 0 Å². The van der Waals surface area contributed by atoms with Gasteiger partial charge in [-0.25, -0.2) is 9.79 Å². The van der Waals surface area contributed by atoms with Crippen LogP contribution < -0.4 is 29.1 Å². The first kappa shape index (κ1) is 23.4. The summed E-state index contributed by atoms with van der Waals surface area (Å²) in [6.07, 6.45) is 1.80. The Morgan fingerprint density at radius 1 is 1.26 bits per heavy atom. The molecule has 2 aliphatic heterocycles. The summed E-state index contributed by atoms with van der Waals surface area (Å²) in [6.45, 7) is 3.83. The molecule has 0 fully saturated rings. The molecule has 0 saturated carbocycles. The van der Waals surface area contributed by atoms with E-state index in [4.69, 9.17) is 18.9 Å². The van der Waals surface area contributed by atoms with Gasteiger partial charge >= 0.3 is 5.97 Å². The Bertz CT molecular complexity index is 1550. The van der Waals surface area contributed by atoms with Gasteiger partial charge in [-0.1, -0.05) is 23.5 Å². The standard InChI is InChI=1S/C25H21BrN2O6S/c1-4-32-24(30)21-13(2)27-25-28(22(21)15-6-8-18-19(11-15)34-12-33-18)23(29)20(35-25)10-14-5-7-17(31-3)16(26)9-14/h5-11,22H,4,12H2,1-3H3. The maximum Gasteiger partial charge on any atom is 0.338 e. The van der Waals surface area contributed by atoms with Crippen molar-refractivity contribution in [3.8, 4) is 17.2 Å². The number of methoxy groups -OCH3 is 1. The van der Waals surface area contributed by atoms with E-state index in [1.165, 1.54) is 11.3 Å². The first-order valence-electron chi connectivity index (χ1n) is 10.8. The molecule has 8 nitrogen and oxygen atoms in total. The van der Waals surface area contributed by atoms with Crippen LogP contribution in [0, 0.1) is 0 Å². The van der Waals surface area contributed by atoms with Gasteiger partial charge in [-0.3, -0.25) is 9.36 Å². The highest BCUT2D eigenvalue weighted by atomic mass is 79.9. The zero-order chi connectivity index (χ0) is 24.7. The summed E-state index contributed by atoms with van der Waals surface area (Å²) in [4.78, 5) is 31.8. The van der Waals surface area contributed by atoms with E-state index in [9.17, 15) is 9.59 Å². The summed E-state index contributed by atoms with van der Waals surface area (Å²) in [6, 6.07) is 10.3. The van der Waals surface area contributed by atoms with Crippen LogP contribution in [-0.4, -0.2) is 31.0 Å². The smallest absolute Gasteiger partial charge is 0.338 e. The van der Waals surface area contributed by atoms with Crippen molar-refractivity contribution >= 4 is 39.3 Å². The van der Waals surface area contributed by atoms with Gasteiger partial charge in [0, 0.05) is 0 Å². The van der Waals surface area contributed by atoms with Crippen LogP contribution in [0.1, 0.15) is 31.0 Å². The normalized spacial score (nSPS) is 16.7. The van der Waals surface area contributed by atoms with E-state index in [0.717, 1.165) is 10.0 Å². The number of ether oxygens (including phenoxy) is 4. The minimum absolute atomic E-state index is 0.124. The van der Waals surface area contributed by atoms with Crippen LogP contribution in [0.4, 0.5) is 0 Å². The SMILES string of the molecule is CCOC(=O)C1=C(C)N=c2sc(=Cc3ccc(OC)c(Br)c3)c(=O)n2C1c1ccc2c(c1)OCO2. The van der Waals surface area contributed by atoms with Crippen molar-refractivity contribution in [3.63, 3.8) is 0 Å². The molecular formula is C25H21BrN2O6S. The molecule has 180 valence electrons. The second kappa shape index (κ2) is 9.35. The first-order chi connectivity index (χ1) is 16.9. The third-order valence-corrected chi connectivity index (χ3v) is 7.31. The number of benzene rings is 2. The number of halogens is 1. The number of nitrogens with zero attached hydrogens (tertiary/aromatic N) is 2. The van der Waals surface area contributed by atoms with Gasteiger partial charge < -0.3 is 18.9 Å². The Morgan fingerprint density at radius 3 is 2.80 bits per heavy atom. The predicted octanol–water partition coefficient (Wildman–Crippen LogP) is 3.30. The molecule has 0 N–H and O–H groups in total. The number of hydrogen-bond donors (Lipinski definition) is 0. The zero-order valence-electron chi connectivity index (χ0n) is 19.2. The molecule has 35 heavy (non-hydrogen) atoms. The Morgan fingerprint density at radius 2 is 2.06 bits per heavy atom. The monoisotopic (exact) mass is 556 g/mol. The Balaban J connectivity index is 1.70. The largest absolute Gasteiger partial charge is 0.496 e. The lowest BCUT2D eigenvalue weighted by atomic mass is 9.95. The fourth-order valence-electron chi connectivity index (χ4n) is 4.11. The number of carbonyl (C=O) groups is 1. The van der Waals surface area contributed by atoms with E-state index in [1.807, 2.05) is 24.3 Å². The highest BCUT2D eigenvalue weighted by molar-refractivity contribution is 9.10. The van der Waals surface area contributed by atoms with Crippen LogP contribution in [0.15, 0.2) is 61.9 Å². The Labute approximate surface area is 212 Å². The Kier molecular flexibility index (Phi) is 6.24. The fourth-order valence-corrected chi connectivity index (χ4v) is 5.72. The van der Waals surface area contributed by atoms with Crippen molar-refractivity contribution in [1.29, 1.82) is 0 Å². The van der Waals surface area contributed by atoms with E-state index in [1.54, 1.807) is 43.7 Å². The van der Waals surface area contributed by atoms with Crippen molar-refractivity contribution in [2.45, 2.75) is 19.9 Å². The third-order valence-electron chi connectivity index (χ3n) is 5.70. The zero-order valence-corrected chi connectivity index (χ0v) is 21.6. The number of aromatic nitrogens is 1. The van der Waals surface area contributed by atoms with E-state index in [0.29, 0.717) is 43.4 Å². The molecule has 5 rings (SSSR count). The number of esters is 1. The van der Waals surface area contributed by atoms with Gasteiger partial charge in [0.15, 0.2) is 16.3 Å². The summed E-state index contributed by atoms with van der Waals surface area (Å²) in [7, 11) is 1.59. The van der Waals surface area contributed by atoms with Crippen molar-refractivity contribution in [2.24, 2.45) is 4.99 Å². The highest BCUT2D eigenvalue weighted by Crippen LogP contribution is 2.38. The van der Waals surface area contributed by atoms with Crippen LogP contribution in [0.25, 0.3) is 6.08 Å². The summed E-state index contributed by atoms with van der Waals surface area (Å²) >= 11 is 4.75. The molecule has 2 aromatic carbocycles. The molecule has 1 aromatic heterocycles. The van der Waals surface area contributed by atoms with Gasteiger partial charge in [0.2, 0.25) is 6.79 Å². The molecule has 10 heteroatoms. The second-order valence-corrected chi connectivity index (χ2v) is 9.67. The van der Waals surface area contributed by atoms with Crippen molar-refractivity contribution in [1.82, 2.24) is 4.57 Å². The van der Waals surface area contributed by atoms with Crippen LogP contribution in [0.2, 0.25) is 0 Å². The first-order valence-corrected chi connectivity index (χ1v) is 12.4. The number of hydrogen-bond acceptors (Lipinski definition) is 8. The van der Waals surface area contributed by atoms with E-state index in [2.05, 4.69) is 20.9 Å². The van der Waals surface area contributed by atoms with Crippen LogP contribution in [0.3, 0.4) is 0 Å². The maximum atomic E-state index is 13.7. The van der Waals surface area contributed by atoms with Crippen LogP contribution in [-0.2, 0) is 9.53 Å². The molecule has 0 spiro atoms. The minimum Gasteiger partial charge on any atom is -0.496 e. The molecule has 2 aliphatic rings. The van der Waals surface area contributed by atoms with Crippen LogP contribution >= 0.6 is 27.3 Å². The lowest BCUT2D eigenvalue weighted by Gasteiger charge is -2.24. The van der Waals surface area contributed by atoms with E-state index < -0.39 is 12.0 Å². The number of carbonyl (C=O) groups excluding carboxylic acids is 1. The average Bonchev–Trinajstić information content (AvgIpc) is 3.42. The number of thiazole rings is 1. The molecule has 0 amide bonds. The quantitative estimate of drug-likeness (QED) is 0.448. The topological polar surface area (TPSA) is 88.4 Å². The van der Waals surface area contributed by atoms with Crippen molar-refractivity contribution in [3.05, 3.63) is 83.0 Å². The van der Waals surface area contributed by atoms with Gasteiger partial charge in [0.1, 0.15) is 5.75 Å². The molecule has 0 saturated heterocycles. The molecule has 1 unspecified atom stereocenters. The molecule has 3 heterocycles. The summed E-state index contributed by atoms with van der Waals surface area (Å²) in [5.41, 5.74) is 2.09. The predicted molar refractivity (Wildman–Crippen MR) is 134 cm³/mol. The fraction of sp³-hybridized carbons (Fsp3) is 0.240. The summed E-state index contributed by atoms with van der Waals surface area (Å²) in [5.74, 6) is 1.36. The highest BCUT2D eigenvalue weighted by Gasteiger charge is 2.34. The average molecular weight is 557 g/mol. The second-order valence-electron chi connectivity index (χ2n) is 7.81. The summed E-state index contributed by atoms with van der Waals surface area (Å²) in [5, 5.41) is 0. The molecule has 0 bridgehead atoms. The van der Waals surface area contributed by atoms with Crippen molar-refractivity contribution < 1.29 is 23.7 Å². The summed E-state index contributed by atoms with van der Waals surface area (Å²) < 4.78 is 24.4. The van der Waals surface area contributed by atoms with E-state index >= 15 is 0 Å². The molecular weight excluding hydrogens is 536 g/mol. The minimum atomic E-state index is -0.718. The Hall–Kier alpha value is -3.37. The molecule has 0 radical (unpaired) electrons. The van der Waals surface area contributed by atoms with E-state index in [-0.39, 0.29) is 19.0 Å². The number of allylic oxidation sites excluding steroid dienone is 1. The molecule has 0 aliphatic carbocycles. The van der Waals surface area contributed by atoms with Crippen molar-refractivity contribution in [2.75, 3.05) is 20.5 Å². The lowest BCUT2D eigenvalue weighted by Crippen LogP contribution is -2.39. The van der Waals surface area contributed by atoms with Gasteiger partial charge in [0.25, 0.3) is 5.56 Å². The maximum absolute atomic E-state index is 13.7. The number of fused-ring (bicyclic) bond motifs is 2. The van der Waals surface area contributed by atoms with Gasteiger partial charge in [0.05, 0.1) is 40.0 Å². The number of rotatable bonds is 5. The van der Waals surface area contributed by atoms with Crippen LogP contribution in [0.5, 0.6) is 17.2 Å². The third kappa shape index (κ3) is 4.17. The molecule has 1 atom stereocenters.